The first-order valence-corrected chi connectivity index (χ1v) is 5.44. The highest BCUT2D eigenvalue weighted by Gasteiger charge is 2.01. The van der Waals surface area contributed by atoms with Gasteiger partial charge in [0, 0.05) is 0 Å². The summed E-state index contributed by atoms with van der Waals surface area (Å²) in [6.45, 7) is 1.92. The third-order valence-corrected chi connectivity index (χ3v) is 2.53. The van der Waals surface area contributed by atoms with Gasteiger partial charge in [0.2, 0.25) is 0 Å². The lowest BCUT2D eigenvalue weighted by atomic mass is 10.1. The van der Waals surface area contributed by atoms with Crippen LogP contribution in [0.1, 0.15) is 5.56 Å². The second-order valence-electron chi connectivity index (χ2n) is 3.25. The smallest absolute Gasteiger partial charge is 0.140 e. The standard InChI is InChI=1S/C11H10O3S/c1-8-6-10(14-15(12)13)7-9-4-2-3-5-11(8)9/h2-7H,1H3,(H,12,13)/p-1. The van der Waals surface area contributed by atoms with Crippen LogP contribution in [-0.4, -0.2) is 8.76 Å². The van der Waals surface area contributed by atoms with Gasteiger partial charge in [-0.05, 0) is 35.4 Å². The number of rotatable bonds is 2. The Bertz CT molecular complexity index is 522. The third kappa shape index (κ3) is 2.16. The molecule has 1 atom stereocenters. The Hall–Kier alpha value is -1.39. The van der Waals surface area contributed by atoms with Crippen LogP contribution < -0.4 is 4.18 Å². The van der Waals surface area contributed by atoms with Gasteiger partial charge in [-0.15, -0.1) is 0 Å². The average molecular weight is 221 g/mol. The Labute approximate surface area is 90.2 Å². The first kappa shape index (κ1) is 10.1. The maximum Gasteiger partial charge on any atom is 0.140 e. The van der Waals surface area contributed by atoms with E-state index in [1.165, 1.54) is 0 Å². The summed E-state index contributed by atoms with van der Waals surface area (Å²) in [4.78, 5) is 0. The molecule has 0 spiro atoms. The van der Waals surface area contributed by atoms with Crippen LogP contribution in [0.4, 0.5) is 0 Å². The molecule has 3 nitrogen and oxygen atoms in total. The molecular weight excluding hydrogens is 212 g/mol. The van der Waals surface area contributed by atoms with Crippen LogP contribution >= 0.6 is 0 Å². The number of hydrogen-bond acceptors (Lipinski definition) is 3. The van der Waals surface area contributed by atoms with Crippen molar-refractivity contribution in [3.63, 3.8) is 0 Å². The van der Waals surface area contributed by atoms with Gasteiger partial charge in [0.15, 0.2) is 0 Å². The average Bonchev–Trinajstić information content (AvgIpc) is 2.16. The summed E-state index contributed by atoms with van der Waals surface area (Å²) in [6.07, 6.45) is 0. The molecule has 4 heteroatoms. The molecule has 0 amide bonds. The summed E-state index contributed by atoms with van der Waals surface area (Å²) >= 11 is -2.52. The van der Waals surface area contributed by atoms with Crippen LogP contribution in [0, 0.1) is 6.92 Å². The molecule has 0 aromatic heterocycles. The summed E-state index contributed by atoms with van der Waals surface area (Å²) in [5.41, 5.74) is 0.994. The number of hydrogen-bond donors (Lipinski definition) is 0. The molecule has 0 fully saturated rings. The van der Waals surface area contributed by atoms with E-state index in [0.29, 0.717) is 5.75 Å². The molecule has 0 heterocycles. The van der Waals surface area contributed by atoms with Crippen LogP contribution in [0.15, 0.2) is 36.4 Å². The van der Waals surface area contributed by atoms with Crippen molar-refractivity contribution in [2.45, 2.75) is 6.92 Å². The maximum atomic E-state index is 10.4. The van der Waals surface area contributed by atoms with Crippen LogP contribution in [0.25, 0.3) is 10.8 Å². The van der Waals surface area contributed by atoms with Gasteiger partial charge >= 0.3 is 0 Å². The number of benzene rings is 2. The van der Waals surface area contributed by atoms with E-state index in [0.717, 1.165) is 16.3 Å². The zero-order valence-corrected chi connectivity index (χ0v) is 8.91. The van der Waals surface area contributed by atoms with E-state index in [1.54, 1.807) is 12.1 Å². The van der Waals surface area contributed by atoms with Crippen molar-refractivity contribution in [3.8, 4) is 5.75 Å². The first-order valence-electron chi connectivity index (χ1n) is 4.44. The second kappa shape index (κ2) is 4.00. The maximum absolute atomic E-state index is 10.4. The van der Waals surface area contributed by atoms with E-state index in [4.69, 9.17) is 0 Å². The van der Waals surface area contributed by atoms with E-state index >= 15 is 0 Å². The Balaban J connectivity index is 2.57. The first-order chi connectivity index (χ1) is 7.16. The molecular formula is C11H9O3S-. The molecule has 78 valence electrons. The Kier molecular flexibility index (Phi) is 2.70. The van der Waals surface area contributed by atoms with E-state index < -0.39 is 11.4 Å². The van der Waals surface area contributed by atoms with Crippen LogP contribution in [0.2, 0.25) is 0 Å². The lowest BCUT2D eigenvalue weighted by Crippen LogP contribution is -1.98. The molecule has 1 unspecified atom stereocenters. The molecule has 15 heavy (non-hydrogen) atoms. The van der Waals surface area contributed by atoms with Gasteiger partial charge in [0.05, 0.1) is 0 Å². The molecule has 0 radical (unpaired) electrons. The summed E-state index contributed by atoms with van der Waals surface area (Å²) in [5, 5.41) is 2.07. The minimum absolute atomic E-state index is 0.347. The SMILES string of the molecule is Cc1cc(OS(=O)[O-])cc2ccccc12. The fourth-order valence-corrected chi connectivity index (χ4v) is 1.85. The molecule has 0 aliphatic carbocycles. The molecule has 0 saturated heterocycles. The van der Waals surface area contributed by atoms with Gasteiger partial charge in [0.1, 0.15) is 17.1 Å². The highest BCUT2D eigenvalue weighted by atomic mass is 32.2. The Morgan fingerprint density at radius 3 is 2.73 bits per heavy atom. The van der Waals surface area contributed by atoms with Crippen molar-refractivity contribution in [1.29, 1.82) is 0 Å². The molecule has 0 bridgehead atoms. The lowest BCUT2D eigenvalue weighted by Gasteiger charge is -2.09. The Morgan fingerprint density at radius 1 is 1.27 bits per heavy atom. The van der Waals surface area contributed by atoms with Gasteiger partial charge in [-0.25, -0.2) is 4.21 Å². The predicted octanol–water partition coefficient (Wildman–Crippen LogP) is 2.32. The van der Waals surface area contributed by atoms with Crippen molar-refractivity contribution < 1.29 is 12.9 Å². The normalized spacial score (nSPS) is 12.7. The summed E-state index contributed by atoms with van der Waals surface area (Å²) in [7, 11) is 0. The minimum atomic E-state index is -2.52. The number of fused-ring (bicyclic) bond motifs is 1. The highest BCUT2D eigenvalue weighted by molar-refractivity contribution is 7.74. The quantitative estimate of drug-likeness (QED) is 0.731. The molecule has 0 N–H and O–H groups in total. The van der Waals surface area contributed by atoms with Crippen molar-refractivity contribution in [1.82, 2.24) is 0 Å². The second-order valence-corrected chi connectivity index (χ2v) is 3.82. The van der Waals surface area contributed by atoms with Crippen molar-refractivity contribution in [3.05, 3.63) is 42.0 Å². The van der Waals surface area contributed by atoms with Gasteiger partial charge in [-0.3, -0.25) is 0 Å². The number of aryl methyl sites for hydroxylation is 1. The largest absolute Gasteiger partial charge is 0.740 e. The third-order valence-electron chi connectivity index (χ3n) is 2.21. The molecule has 2 aromatic rings. The fraction of sp³-hybridized carbons (Fsp3) is 0.0909. The monoisotopic (exact) mass is 221 g/mol. The van der Waals surface area contributed by atoms with E-state index in [9.17, 15) is 8.76 Å². The van der Waals surface area contributed by atoms with Crippen molar-refractivity contribution in [2.75, 3.05) is 0 Å². The zero-order valence-electron chi connectivity index (χ0n) is 8.10. The van der Waals surface area contributed by atoms with Crippen molar-refractivity contribution in [2.24, 2.45) is 0 Å². The fourth-order valence-electron chi connectivity index (χ4n) is 1.59. The van der Waals surface area contributed by atoms with Gasteiger partial charge in [-0.1, -0.05) is 24.3 Å². The minimum Gasteiger partial charge on any atom is -0.740 e. The molecule has 0 aliphatic heterocycles. The summed E-state index contributed by atoms with van der Waals surface area (Å²) in [5.74, 6) is 0.347. The summed E-state index contributed by atoms with van der Waals surface area (Å²) < 4.78 is 25.4. The van der Waals surface area contributed by atoms with Crippen molar-refractivity contribution >= 4 is 22.1 Å². The summed E-state index contributed by atoms with van der Waals surface area (Å²) in [6, 6.07) is 11.2. The van der Waals surface area contributed by atoms with Crippen LogP contribution in [-0.2, 0) is 11.4 Å². The highest BCUT2D eigenvalue weighted by Crippen LogP contribution is 2.24. The van der Waals surface area contributed by atoms with Gasteiger partial charge in [-0.2, -0.15) is 0 Å². The molecule has 2 rings (SSSR count). The zero-order chi connectivity index (χ0) is 10.8. The molecule has 0 aliphatic rings. The van der Waals surface area contributed by atoms with Crippen LogP contribution in [0.5, 0.6) is 5.75 Å². The van der Waals surface area contributed by atoms with Crippen LogP contribution in [0.3, 0.4) is 0 Å². The predicted molar refractivity (Wildman–Crippen MR) is 58.2 cm³/mol. The van der Waals surface area contributed by atoms with E-state index in [1.807, 2.05) is 31.2 Å². The molecule has 2 aromatic carbocycles. The topological polar surface area (TPSA) is 49.4 Å². The molecule has 0 saturated carbocycles. The van der Waals surface area contributed by atoms with Gasteiger partial charge < -0.3 is 8.74 Å². The lowest BCUT2D eigenvalue weighted by molar-refractivity contribution is 0.440. The van der Waals surface area contributed by atoms with Gasteiger partial charge in [0.25, 0.3) is 0 Å². The van der Waals surface area contributed by atoms with E-state index in [-0.39, 0.29) is 0 Å². The Morgan fingerprint density at radius 2 is 2.00 bits per heavy atom. The van der Waals surface area contributed by atoms with E-state index in [2.05, 4.69) is 4.18 Å².